The first-order valence-electron chi connectivity index (χ1n) is 5.26. The minimum atomic E-state index is 0.156. The molecule has 0 fully saturated rings. The lowest BCUT2D eigenvalue weighted by Crippen LogP contribution is -2.32. The molecular formula is C10H18N4O2. The van der Waals surface area contributed by atoms with Crippen molar-refractivity contribution >= 4 is 5.84 Å². The van der Waals surface area contributed by atoms with Crippen LogP contribution in [0.4, 0.5) is 0 Å². The van der Waals surface area contributed by atoms with E-state index in [1.54, 1.807) is 6.20 Å². The highest BCUT2D eigenvalue weighted by Gasteiger charge is 2.09. The molecule has 0 radical (unpaired) electrons. The summed E-state index contributed by atoms with van der Waals surface area (Å²) in [6.07, 6.45) is 3.07. The molecule has 4 N–H and O–H groups in total. The van der Waals surface area contributed by atoms with Gasteiger partial charge in [0.1, 0.15) is 11.6 Å². The zero-order valence-electron chi connectivity index (χ0n) is 9.60. The predicted molar refractivity (Wildman–Crippen MR) is 60.2 cm³/mol. The molecule has 0 saturated carbocycles. The predicted octanol–water partition coefficient (Wildman–Crippen LogP) is 0.988. The highest BCUT2D eigenvalue weighted by Crippen LogP contribution is 2.03. The van der Waals surface area contributed by atoms with Crippen LogP contribution >= 0.6 is 0 Å². The van der Waals surface area contributed by atoms with Gasteiger partial charge in [-0.1, -0.05) is 12.1 Å². The molecule has 90 valence electrons. The smallest absolute Gasteiger partial charge is 0.208 e. The molecule has 1 aromatic heterocycles. The molecule has 6 nitrogen and oxygen atoms in total. The van der Waals surface area contributed by atoms with E-state index < -0.39 is 0 Å². The average molecular weight is 226 g/mol. The van der Waals surface area contributed by atoms with Gasteiger partial charge in [0.25, 0.3) is 0 Å². The number of nitrogens with zero attached hydrogens (tertiary/aromatic N) is 2. The fourth-order valence-corrected chi connectivity index (χ4v) is 1.37. The third-order valence-corrected chi connectivity index (χ3v) is 2.29. The van der Waals surface area contributed by atoms with Gasteiger partial charge in [0, 0.05) is 12.5 Å². The van der Waals surface area contributed by atoms with Crippen LogP contribution in [0.3, 0.4) is 0 Å². The Morgan fingerprint density at radius 1 is 1.75 bits per heavy atom. The van der Waals surface area contributed by atoms with Gasteiger partial charge in [0.2, 0.25) is 5.89 Å². The van der Waals surface area contributed by atoms with Gasteiger partial charge in [-0.3, -0.25) is 0 Å². The first-order valence-corrected chi connectivity index (χ1v) is 5.26. The van der Waals surface area contributed by atoms with E-state index in [2.05, 4.69) is 15.5 Å². The van der Waals surface area contributed by atoms with Crippen LogP contribution < -0.4 is 11.1 Å². The number of oxime groups is 1. The van der Waals surface area contributed by atoms with Crippen molar-refractivity contribution in [1.29, 1.82) is 0 Å². The van der Waals surface area contributed by atoms with Crippen LogP contribution in [0.1, 0.15) is 31.4 Å². The zero-order chi connectivity index (χ0) is 12.0. The lowest BCUT2D eigenvalue weighted by Gasteiger charge is -2.14. The van der Waals surface area contributed by atoms with Crippen LogP contribution in [-0.2, 0) is 6.54 Å². The number of nitrogens with two attached hydrogens (primary N) is 1. The van der Waals surface area contributed by atoms with Gasteiger partial charge in [-0.25, -0.2) is 4.98 Å². The van der Waals surface area contributed by atoms with Gasteiger partial charge in [-0.05, 0) is 13.3 Å². The van der Waals surface area contributed by atoms with Gasteiger partial charge in [-0.2, -0.15) is 0 Å². The summed E-state index contributed by atoms with van der Waals surface area (Å²) in [5.74, 6) is 1.67. The highest BCUT2D eigenvalue weighted by molar-refractivity contribution is 5.80. The molecule has 0 saturated heterocycles. The first kappa shape index (κ1) is 12.5. The van der Waals surface area contributed by atoms with E-state index in [1.165, 1.54) is 0 Å². The maximum atomic E-state index is 8.47. The maximum Gasteiger partial charge on any atom is 0.208 e. The largest absolute Gasteiger partial charge is 0.445 e. The normalized spacial score (nSPS) is 14.0. The Balaban J connectivity index is 2.39. The van der Waals surface area contributed by atoms with E-state index in [0.717, 1.165) is 12.2 Å². The molecule has 0 amide bonds. The molecule has 0 aliphatic carbocycles. The summed E-state index contributed by atoms with van der Waals surface area (Å²) in [6, 6.07) is 0.156. The summed E-state index contributed by atoms with van der Waals surface area (Å²) in [5.41, 5.74) is 5.44. The molecule has 16 heavy (non-hydrogen) atoms. The van der Waals surface area contributed by atoms with Crippen molar-refractivity contribution in [3.8, 4) is 0 Å². The molecular weight excluding hydrogens is 208 g/mol. The monoisotopic (exact) mass is 226 g/mol. The Labute approximate surface area is 94.5 Å². The summed E-state index contributed by atoms with van der Waals surface area (Å²) in [4.78, 5) is 4.08. The van der Waals surface area contributed by atoms with Gasteiger partial charge < -0.3 is 20.7 Å². The van der Waals surface area contributed by atoms with Crippen LogP contribution in [0.25, 0.3) is 0 Å². The first-order chi connectivity index (χ1) is 7.65. The molecule has 1 aromatic rings. The molecule has 1 unspecified atom stereocenters. The van der Waals surface area contributed by atoms with E-state index in [4.69, 9.17) is 15.4 Å². The standard InChI is InChI=1S/C10H18N4O2/c1-3-8(4-9(11)14-15)12-6-10-13-5-7(2)16-10/h5,8,12,15H,3-4,6H2,1-2H3,(H2,11,14). The van der Waals surface area contributed by atoms with Crippen molar-refractivity contribution in [2.24, 2.45) is 10.9 Å². The van der Waals surface area contributed by atoms with Crippen molar-refractivity contribution in [2.45, 2.75) is 39.3 Å². The fourth-order valence-electron chi connectivity index (χ4n) is 1.37. The minimum absolute atomic E-state index is 0.156. The van der Waals surface area contributed by atoms with Crippen molar-refractivity contribution in [3.05, 3.63) is 17.8 Å². The molecule has 1 heterocycles. The van der Waals surface area contributed by atoms with Gasteiger partial charge >= 0.3 is 0 Å². The van der Waals surface area contributed by atoms with Gasteiger partial charge in [-0.15, -0.1) is 0 Å². The van der Waals surface area contributed by atoms with Gasteiger partial charge in [0.15, 0.2) is 0 Å². The lowest BCUT2D eigenvalue weighted by atomic mass is 10.1. The molecule has 0 aromatic carbocycles. The Kier molecular flexibility index (Phi) is 4.78. The van der Waals surface area contributed by atoms with Crippen molar-refractivity contribution in [2.75, 3.05) is 0 Å². The fraction of sp³-hybridized carbons (Fsp3) is 0.600. The third kappa shape index (κ3) is 3.90. The molecule has 1 atom stereocenters. The number of aromatic nitrogens is 1. The van der Waals surface area contributed by atoms with E-state index in [9.17, 15) is 0 Å². The molecule has 1 rings (SSSR count). The summed E-state index contributed by atoms with van der Waals surface area (Å²) < 4.78 is 5.33. The SMILES string of the molecule is CCC(C/C(N)=N/O)NCc1ncc(C)o1. The number of amidine groups is 1. The number of oxazole rings is 1. The summed E-state index contributed by atoms with van der Waals surface area (Å²) >= 11 is 0. The van der Waals surface area contributed by atoms with Crippen molar-refractivity contribution in [3.63, 3.8) is 0 Å². The average Bonchev–Trinajstić information content (AvgIpc) is 2.69. The van der Waals surface area contributed by atoms with E-state index in [1.807, 2.05) is 13.8 Å². The number of nitrogens with one attached hydrogen (secondary N) is 1. The topological polar surface area (TPSA) is 96.7 Å². The molecule has 0 spiro atoms. The highest BCUT2D eigenvalue weighted by atomic mass is 16.4. The second-order valence-corrected chi connectivity index (χ2v) is 3.65. The molecule has 0 aliphatic rings. The minimum Gasteiger partial charge on any atom is -0.445 e. The Hall–Kier alpha value is -1.56. The Morgan fingerprint density at radius 2 is 2.50 bits per heavy atom. The van der Waals surface area contributed by atoms with Gasteiger partial charge in [0.05, 0.1) is 12.7 Å². The van der Waals surface area contributed by atoms with Crippen molar-refractivity contribution < 1.29 is 9.62 Å². The number of hydrogen-bond acceptors (Lipinski definition) is 5. The van der Waals surface area contributed by atoms with Crippen LogP contribution in [0.2, 0.25) is 0 Å². The van der Waals surface area contributed by atoms with Crippen LogP contribution in [0, 0.1) is 6.92 Å². The summed E-state index contributed by atoms with van der Waals surface area (Å²) in [5, 5.41) is 14.7. The number of rotatable bonds is 6. The van der Waals surface area contributed by atoms with Crippen LogP contribution in [0.5, 0.6) is 0 Å². The van der Waals surface area contributed by atoms with E-state index in [-0.39, 0.29) is 11.9 Å². The number of hydrogen-bond donors (Lipinski definition) is 3. The maximum absolute atomic E-state index is 8.47. The second kappa shape index (κ2) is 6.12. The van der Waals surface area contributed by atoms with Crippen LogP contribution in [-0.4, -0.2) is 22.1 Å². The third-order valence-electron chi connectivity index (χ3n) is 2.29. The number of aryl methyl sites for hydroxylation is 1. The Morgan fingerprint density at radius 3 is 3.00 bits per heavy atom. The summed E-state index contributed by atoms with van der Waals surface area (Å²) in [6.45, 7) is 4.43. The van der Waals surface area contributed by atoms with Crippen LogP contribution in [0.15, 0.2) is 15.8 Å². The second-order valence-electron chi connectivity index (χ2n) is 3.65. The summed E-state index contributed by atoms with van der Waals surface area (Å²) in [7, 11) is 0. The van der Waals surface area contributed by atoms with Crippen molar-refractivity contribution in [1.82, 2.24) is 10.3 Å². The molecule has 6 heteroatoms. The molecule has 0 bridgehead atoms. The molecule has 0 aliphatic heterocycles. The Bertz CT molecular complexity index is 348. The van der Waals surface area contributed by atoms with E-state index in [0.29, 0.717) is 18.9 Å². The quantitative estimate of drug-likeness (QED) is 0.291. The lowest BCUT2D eigenvalue weighted by molar-refractivity contribution is 0.315. The van der Waals surface area contributed by atoms with E-state index >= 15 is 0 Å². The zero-order valence-corrected chi connectivity index (χ0v) is 9.60.